The van der Waals surface area contributed by atoms with Gasteiger partial charge < -0.3 is 20.3 Å². The molecule has 166 valence electrons. The number of guanidine groups is 1. The van der Waals surface area contributed by atoms with E-state index in [4.69, 9.17) is 4.74 Å². The number of aliphatic imine (C=N–C) groups is 1. The van der Waals surface area contributed by atoms with E-state index in [1.807, 2.05) is 31.7 Å². The molecule has 29 heavy (non-hydrogen) atoms. The van der Waals surface area contributed by atoms with Crippen LogP contribution in [0, 0.1) is 0 Å². The van der Waals surface area contributed by atoms with Crippen molar-refractivity contribution in [1.29, 1.82) is 0 Å². The average molecular weight is 518 g/mol. The van der Waals surface area contributed by atoms with Gasteiger partial charge in [-0.05, 0) is 52.7 Å². The first-order valence-corrected chi connectivity index (χ1v) is 10.3. The fraction of sp³-hybridized carbons (Fsp3) is 0.636. The van der Waals surface area contributed by atoms with E-state index in [1.54, 1.807) is 0 Å². The number of benzene rings is 1. The summed E-state index contributed by atoms with van der Waals surface area (Å²) in [7, 11) is 0. The van der Waals surface area contributed by atoms with E-state index < -0.39 is 0 Å². The van der Waals surface area contributed by atoms with Crippen molar-refractivity contribution in [1.82, 2.24) is 15.5 Å². The molecule has 0 saturated carbocycles. The Hall–Kier alpha value is -1.35. The van der Waals surface area contributed by atoms with Crippen molar-refractivity contribution in [2.24, 2.45) is 4.99 Å². The van der Waals surface area contributed by atoms with Crippen LogP contribution in [0.15, 0.2) is 29.3 Å². The summed E-state index contributed by atoms with van der Waals surface area (Å²) in [5.74, 6) is 0.895. The molecule has 1 aromatic carbocycles. The molecule has 0 aliphatic heterocycles. The molecule has 1 aromatic rings. The molecule has 0 radical (unpaired) electrons. The molecule has 7 heteroatoms. The van der Waals surface area contributed by atoms with E-state index in [2.05, 4.69) is 54.6 Å². The van der Waals surface area contributed by atoms with Crippen LogP contribution < -0.4 is 10.6 Å². The van der Waals surface area contributed by atoms with Crippen LogP contribution in [0.25, 0.3) is 0 Å². The van der Waals surface area contributed by atoms with Crippen LogP contribution in [0.2, 0.25) is 0 Å². The lowest BCUT2D eigenvalue weighted by Gasteiger charge is -2.19. The second kappa shape index (κ2) is 14.6. The Morgan fingerprint density at radius 1 is 1.10 bits per heavy atom. The molecule has 0 saturated heterocycles. The van der Waals surface area contributed by atoms with Gasteiger partial charge in [0.1, 0.15) is 0 Å². The molecule has 0 atom stereocenters. The summed E-state index contributed by atoms with van der Waals surface area (Å²) in [6, 6.07) is 8.30. The number of amides is 1. The number of hydrogen-bond donors (Lipinski definition) is 2. The van der Waals surface area contributed by atoms with Crippen LogP contribution in [0.4, 0.5) is 0 Å². The lowest BCUT2D eigenvalue weighted by Crippen LogP contribution is -2.40. The number of hydrogen-bond acceptors (Lipinski definition) is 3. The molecular weight excluding hydrogens is 479 g/mol. The van der Waals surface area contributed by atoms with Crippen LogP contribution in [-0.4, -0.2) is 48.5 Å². The molecule has 0 bridgehead atoms. The third kappa shape index (κ3) is 12.1. The van der Waals surface area contributed by atoms with Gasteiger partial charge >= 0.3 is 0 Å². The van der Waals surface area contributed by atoms with Gasteiger partial charge in [0.25, 0.3) is 0 Å². The van der Waals surface area contributed by atoms with Crippen molar-refractivity contribution in [3.8, 4) is 0 Å². The summed E-state index contributed by atoms with van der Waals surface area (Å²) >= 11 is 0. The molecule has 2 N–H and O–H groups in total. The highest BCUT2D eigenvalue weighted by molar-refractivity contribution is 14.0. The predicted octanol–water partition coefficient (Wildman–Crippen LogP) is 3.93. The van der Waals surface area contributed by atoms with E-state index in [0.29, 0.717) is 26.1 Å². The third-order valence-corrected chi connectivity index (χ3v) is 4.17. The minimum Gasteiger partial charge on any atom is -0.371 e. The van der Waals surface area contributed by atoms with Gasteiger partial charge in [0.05, 0.1) is 18.8 Å². The Morgan fingerprint density at radius 2 is 1.76 bits per heavy atom. The summed E-state index contributed by atoms with van der Waals surface area (Å²) in [5.41, 5.74) is 2.12. The van der Waals surface area contributed by atoms with Gasteiger partial charge in [-0.3, -0.25) is 4.79 Å². The Labute approximate surface area is 193 Å². The maximum Gasteiger partial charge on any atom is 0.224 e. The fourth-order valence-electron chi connectivity index (χ4n) is 2.65. The highest BCUT2D eigenvalue weighted by atomic mass is 127. The molecule has 0 aromatic heterocycles. The number of ether oxygens (including phenoxy) is 1. The van der Waals surface area contributed by atoms with Gasteiger partial charge in [-0.1, -0.05) is 24.3 Å². The van der Waals surface area contributed by atoms with Crippen LogP contribution in [0.3, 0.4) is 0 Å². The lowest BCUT2D eigenvalue weighted by atomic mass is 10.1. The molecule has 1 rings (SSSR count). The molecule has 0 aliphatic rings. The maximum absolute atomic E-state index is 12.1. The van der Waals surface area contributed by atoms with Gasteiger partial charge in [0, 0.05) is 32.6 Å². The summed E-state index contributed by atoms with van der Waals surface area (Å²) in [5, 5.41) is 6.48. The number of rotatable bonds is 10. The van der Waals surface area contributed by atoms with Crippen molar-refractivity contribution < 1.29 is 9.53 Å². The minimum absolute atomic E-state index is 0. The fourth-order valence-corrected chi connectivity index (χ4v) is 2.65. The van der Waals surface area contributed by atoms with Gasteiger partial charge in [-0.2, -0.15) is 0 Å². The first-order valence-electron chi connectivity index (χ1n) is 10.3. The van der Waals surface area contributed by atoms with Crippen LogP contribution in [0.1, 0.15) is 59.1 Å². The van der Waals surface area contributed by atoms with Gasteiger partial charge in [0.2, 0.25) is 5.91 Å². The first kappa shape index (κ1) is 27.6. The Bertz CT molecular complexity index is 625. The molecular formula is C22H39IN4O2. The smallest absolute Gasteiger partial charge is 0.224 e. The summed E-state index contributed by atoms with van der Waals surface area (Å²) in [4.78, 5) is 18.6. The molecule has 0 heterocycles. The monoisotopic (exact) mass is 518 g/mol. The standard InChI is InChI=1S/C22H38N4O2.HI/c1-7-23-21(24-14-13-20(27)26(8-2)9-3)25-16-18-11-10-12-19(15-18)17-28-22(4,5)6;/h10-12,15H,7-9,13-14,16-17H2,1-6H3,(H2,23,24,25);1H. The van der Waals surface area contributed by atoms with E-state index in [1.165, 1.54) is 0 Å². The minimum atomic E-state index is -0.154. The predicted molar refractivity (Wildman–Crippen MR) is 132 cm³/mol. The number of carbonyl (C=O) groups excluding carboxylic acids is 1. The SMILES string of the molecule is CCNC(=NCc1cccc(COC(C)(C)C)c1)NCCC(=O)N(CC)CC.I. The maximum atomic E-state index is 12.1. The Morgan fingerprint density at radius 3 is 2.34 bits per heavy atom. The third-order valence-electron chi connectivity index (χ3n) is 4.17. The van der Waals surface area contributed by atoms with Crippen molar-refractivity contribution >= 4 is 35.8 Å². The van der Waals surface area contributed by atoms with E-state index in [-0.39, 0.29) is 35.5 Å². The summed E-state index contributed by atoms with van der Waals surface area (Å²) < 4.78 is 5.85. The van der Waals surface area contributed by atoms with E-state index in [9.17, 15) is 4.79 Å². The van der Waals surface area contributed by atoms with Crippen molar-refractivity contribution in [2.45, 2.75) is 66.7 Å². The second-order valence-corrected chi connectivity index (χ2v) is 7.66. The molecule has 6 nitrogen and oxygen atoms in total. The number of nitrogens with one attached hydrogen (secondary N) is 2. The molecule has 1 amide bonds. The topological polar surface area (TPSA) is 66.0 Å². The first-order chi connectivity index (χ1) is 13.3. The highest BCUT2D eigenvalue weighted by Crippen LogP contribution is 2.13. The second-order valence-electron chi connectivity index (χ2n) is 7.66. The highest BCUT2D eigenvalue weighted by Gasteiger charge is 2.11. The Kier molecular flexibility index (Phi) is 13.9. The molecule has 0 unspecified atom stereocenters. The van der Waals surface area contributed by atoms with Gasteiger partial charge in [-0.25, -0.2) is 4.99 Å². The summed E-state index contributed by atoms with van der Waals surface area (Å²) in [6.45, 7) is 16.2. The zero-order chi connectivity index (χ0) is 21.0. The lowest BCUT2D eigenvalue weighted by molar-refractivity contribution is -0.130. The average Bonchev–Trinajstić information content (AvgIpc) is 2.65. The normalized spacial score (nSPS) is 11.6. The quantitative estimate of drug-likeness (QED) is 0.280. The van der Waals surface area contributed by atoms with Crippen molar-refractivity contribution in [2.75, 3.05) is 26.2 Å². The number of carbonyl (C=O) groups is 1. The van der Waals surface area contributed by atoms with Crippen molar-refractivity contribution in [3.63, 3.8) is 0 Å². The van der Waals surface area contributed by atoms with E-state index >= 15 is 0 Å². The van der Waals surface area contributed by atoms with Crippen LogP contribution in [-0.2, 0) is 22.7 Å². The van der Waals surface area contributed by atoms with Gasteiger partial charge in [-0.15, -0.1) is 24.0 Å². The molecule has 0 aliphatic carbocycles. The van der Waals surface area contributed by atoms with Crippen LogP contribution >= 0.6 is 24.0 Å². The van der Waals surface area contributed by atoms with Crippen molar-refractivity contribution in [3.05, 3.63) is 35.4 Å². The van der Waals surface area contributed by atoms with Crippen LogP contribution in [0.5, 0.6) is 0 Å². The zero-order valence-electron chi connectivity index (χ0n) is 18.9. The largest absolute Gasteiger partial charge is 0.371 e. The van der Waals surface area contributed by atoms with Gasteiger partial charge in [0.15, 0.2) is 5.96 Å². The van der Waals surface area contributed by atoms with E-state index in [0.717, 1.165) is 36.7 Å². The Balaban J connectivity index is 0.00000784. The zero-order valence-corrected chi connectivity index (χ0v) is 21.2. The molecule has 0 spiro atoms. The number of nitrogens with zero attached hydrogens (tertiary/aromatic N) is 2. The molecule has 0 fully saturated rings. The number of halogens is 1. The summed E-state index contributed by atoms with van der Waals surface area (Å²) in [6.07, 6.45) is 0.464.